The van der Waals surface area contributed by atoms with Crippen LogP contribution in [0.5, 0.6) is 11.5 Å². The van der Waals surface area contributed by atoms with Gasteiger partial charge in [-0.2, -0.15) is 0 Å². The number of ketones is 1. The maximum absolute atomic E-state index is 12.7. The first-order chi connectivity index (χ1) is 11.7. The molecular weight excluding hydrogens is 304 g/mol. The number of Topliss-reactive ketones (excluding diaryl/α,β-unsaturated/α-hetero) is 1. The lowest BCUT2D eigenvalue weighted by atomic mass is 9.99. The molecule has 0 radical (unpaired) electrons. The maximum Gasteiger partial charge on any atom is 0.179 e. The molecule has 0 saturated carbocycles. The van der Waals surface area contributed by atoms with E-state index in [4.69, 9.17) is 15.2 Å². The first kappa shape index (κ1) is 15.0. The van der Waals surface area contributed by atoms with E-state index in [0.29, 0.717) is 42.5 Å². The molecule has 0 spiro atoms. The molecule has 0 bridgehead atoms. The Morgan fingerprint density at radius 2 is 1.79 bits per heavy atom. The summed E-state index contributed by atoms with van der Waals surface area (Å²) in [5, 5.41) is 0. The van der Waals surface area contributed by atoms with Gasteiger partial charge in [0.2, 0.25) is 0 Å². The Bertz CT molecular complexity index is 788. The van der Waals surface area contributed by atoms with Gasteiger partial charge in [-0.3, -0.25) is 9.69 Å². The van der Waals surface area contributed by atoms with Crippen LogP contribution in [-0.4, -0.2) is 37.0 Å². The molecule has 2 heterocycles. The Morgan fingerprint density at radius 1 is 1.08 bits per heavy atom. The lowest BCUT2D eigenvalue weighted by Gasteiger charge is -2.28. The molecule has 2 aliphatic heterocycles. The Hall–Kier alpha value is -2.53. The van der Waals surface area contributed by atoms with Crippen molar-refractivity contribution >= 4 is 11.5 Å². The predicted octanol–water partition coefficient (Wildman–Crippen LogP) is 2.28. The Kier molecular flexibility index (Phi) is 3.86. The summed E-state index contributed by atoms with van der Waals surface area (Å²) < 4.78 is 11.1. The highest BCUT2D eigenvalue weighted by Gasteiger charge is 2.22. The van der Waals surface area contributed by atoms with Crippen LogP contribution >= 0.6 is 0 Å². The monoisotopic (exact) mass is 324 g/mol. The van der Waals surface area contributed by atoms with Crippen molar-refractivity contribution in [1.29, 1.82) is 0 Å². The molecule has 5 nitrogen and oxygen atoms in total. The van der Waals surface area contributed by atoms with E-state index in [1.165, 1.54) is 11.1 Å². The zero-order valence-electron chi connectivity index (χ0n) is 13.5. The van der Waals surface area contributed by atoms with Crippen molar-refractivity contribution in [1.82, 2.24) is 4.90 Å². The van der Waals surface area contributed by atoms with E-state index >= 15 is 0 Å². The number of benzene rings is 2. The maximum atomic E-state index is 12.7. The number of nitrogen functional groups attached to an aromatic ring is 1. The molecule has 0 aromatic heterocycles. The quantitative estimate of drug-likeness (QED) is 0.693. The fourth-order valence-corrected chi connectivity index (χ4v) is 3.32. The van der Waals surface area contributed by atoms with Gasteiger partial charge in [-0.1, -0.05) is 24.3 Å². The Balaban J connectivity index is 1.51. The fourth-order valence-electron chi connectivity index (χ4n) is 3.32. The Morgan fingerprint density at radius 3 is 2.58 bits per heavy atom. The van der Waals surface area contributed by atoms with Crippen LogP contribution in [0.25, 0.3) is 0 Å². The number of carbonyl (C=O) groups excluding carboxylic acids is 1. The normalized spacial score (nSPS) is 16.5. The van der Waals surface area contributed by atoms with Crippen LogP contribution in [0.2, 0.25) is 0 Å². The van der Waals surface area contributed by atoms with E-state index in [2.05, 4.69) is 23.1 Å². The smallest absolute Gasteiger partial charge is 0.179 e. The number of nitrogens with zero attached hydrogens (tertiary/aromatic N) is 1. The minimum absolute atomic E-state index is 0.0175. The third-order valence-corrected chi connectivity index (χ3v) is 4.59. The van der Waals surface area contributed by atoms with Crippen molar-refractivity contribution in [3.63, 3.8) is 0 Å². The summed E-state index contributed by atoms with van der Waals surface area (Å²) in [7, 11) is 0. The number of ether oxygens (including phenoxy) is 2. The second kappa shape index (κ2) is 6.17. The van der Waals surface area contributed by atoms with Gasteiger partial charge >= 0.3 is 0 Å². The molecule has 5 heteroatoms. The van der Waals surface area contributed by atoms with Crippen molar-refractivity contribution in [3.05, 3.63) is 53.1 Å². The topological polar surface area (TPSA) is 64.8 Å². The molecule has 2 aliphatic rings. The van der Waals surface area contributed by atoms with Gasteiger partial charge in [0.15, 0.2) is 17.3 Å². The van der Waals surface area contributed by atoms with E-state index in [1.54, 1.807) is 12.1 Å². The number of hydrogen-bond acceptors (Lipinski definition) is 5. The van der Waals surface area contributed by atoms with Crippen LogP contribution in [0.15, 0.2) is 36.4 Å². The van der Waals surface area contributed by atoms with E-state index in [0.717, 1.165) is 19.5 Å². The van der Waals surface area contributed by atoms with E-state index in [9.17, 15) is 4.79 Å². The van der Waals surface area contributed by atoms with Crippen LogP contribution in [-0.2, 0) is 13.0 Å². The van der Waals surface area contributed by atoms with Crippen molar-refractivity contribution in [2.45, 2.75) is 13.0 Å². The minimum atomic E-state index is 0.0175. The summed E-state index contributed by atoms with van der Waals surface area (Å²) in [6.45, 7) is 3.04. The minimum Gasteiger partial charge on any atom is -0.486 e. The number of carbonyl (C=O) groups is 1. The first-order valence-corrected chi connectivity index (χ1v) is 8.22. The summed E-state index contributed by atoms with van der Waals surface area (Å²) in [6, 6.07) is 11.8. The molecule has 2 N–H and O–H groups in total. The molecule has 0 atom stereocenters. The number of hydrogen-bond donors (Lipinski definition) is 1. The molecule has 4 rings (SSSR count). The standard InChI is InChI=1S/C19H20N2O3/c20-16-10-19-18(23-7-8-24-19)9-15(16)17(22)12-21-6-5-13-3-1-2-4-14(13)11-21/h1-4,9-10H,5-8,11-12,20H2. The highest BCUT2D eigenvalue weighted by molar-refractivity contribution is 6.02. The summed E-state index contributed by atoms with van der Waals surface area (Å²) in [4.78, 5) is 14.9. The van der Waals surface area contributed by atoms with Gasteiger partial charge in [0.1, 0.15) is 13.2 Å². The van der Waals surface area contributed by atoms with Crippen molar-refractivity contribution in [2.75, 3.05) is 32.0 Å². The van der Waals surface area contributed by atoms with Crippen molar-refractivity contribution < 1.29 is 14.3 Å². The third-order valence-electron chi connectivity index (χ3n) is 4.59. The molecule has 124 valence electrons. The van der Waals surface area contributed by atoms with E-state index in [-0.39, 0.29) is 5.78 Å². The van der Waals surface area contributed by atoms with Gasteiger partial charge in [0.25, 0.3) is 0 Å². The van der Waals surface area contributed by atoms with Gasteiger partial charge in [-0.25, -0.2) is 0 Å². The molecule has 2 aromatic carbocycles. The third kappa shape index (κ3) is 2.83. The van der Waals surface area contributed by atoms with Crippen molar-refractivity contribution in [2.24, 2.45) is 0 Å². The number of nitrogens with two attached hydrogens (primary N) is 1. The van der Waals surface area contributed by atoms with E-state index < -0.39 is 0 Å². The zero-order chi connectivity index (χ0) is 16.5. The fraction of sp³-hybridized carbons (Fsp3) is 0.316. The molecule has 0 amide bonds. The van der Waals surface area contributed by atoms with Crippen molar-refractivity contribution in [3.8, 4) is 11.5 Å². The molecule has 0 unspecified atom stereocenters. The first-order valence-electron chi connectivity index (χ1n) is 8.22. The largest absolute Gasteiger partial charge is 0.486 e. The summed E-state index contributed by atoms with van der Waals surface area (Å²) >= 11 is 0. The lowest BCUT2D eigenvalue weighted by molar-refractivity contribution is 0.0921. The van der Waals surface area contributed by atoms with Gasteiger partial charge in [-0.15, -0.1) is 0 Å². The Labute approximate surface area is 141 Å². The van der Waals surface area contributed by atoms with Gasteiger partial charge in [-0.05, 0) is 23.6 Å². The highest BCUT2D eigenvalue weighted by Crippen LogP contribution is 2.34. The van der Waals surface area contributed by atoms with Crippen LogP contribution in [0.4, 0.5) is 5.69 Å². The van der Waals surface area contributed by atoms with E-state index in [1.807, 2.05) is 6.07 Å². The highest BCUT2D eigenvalue weighted by atomic mass is 16.6. The molecular formula is C19H20N2O3. The van der Waals surface area contributed by atoms with Crippen LogP contribution in [0.1, 0.15) is 21.5 Å². The number of rotatable bonds is 3. The van der Waals surface area contributed by atoms with Crippen LogP contribution < -0.4 is 15.2 Å². The summed E-state index contributed by atoms with van der Waals surface area (Å²) in [5.41, 5.74) is 9.68. The second-order valence-corrected chi connectivity index (χ2v) is 6.24. The summed E-state index contributed by atoms with van der Waals surface area (Å²) in [5.74, 6) is 1.23. The predicted molar refractivity (Wildman–Crippen MR) is 91.6 cm³/mol. The lowest BCUT2D eigenvalue weighted by Crippen LogP contribution is -2.35. The molecule has 24 heavy (non-hydrogen) atoms. The molecule has 0 saturated heterocycles. The average molecular weight is 324 g/mol. The van der Waals surface area contributed by atoms with Crippen LogP contribution in [0, 0.1) is 0 Å². The zero-order valence-corrected chi connectivity index (χ0v) is 13.5. The van der Waals surface area contributed by atoms with Gasteiger partial charge in [0.05, 0.1) is 6.54 Å². The van der Waals surface area contributed by atoms with Gasteiger partial charge in [0, 0.05) is 30.4 Å². The average Bonchev–Trinajstić information content (AvgIpc) is 2.61. The number of fused-ring (bicyclic) bond motifs is 2. The number of anilines is 1. The molecule has 0 aliphatic carbocycles. The SMILES string of the molecule is Nc1cc2c(cc1C(=O)CN1CCc3ccccc3C1)OCCO2. The molecule has 2 aromatic rings. The van der Waals surface area contributed by atoms with Crippen LogP contribution in [0.3, 0.4) is 0 Å². The molecule has 0 fully saturated rings. The van der Waals surface area contributed by atoms with Gasteiger partial charge < -0.3 is 15.2 Å². The second-order valence-electron chi connectivity index (χ2n) is 6.24. The summed E-state index contributed by atoms with van der Waals surface area (Å²) in [6.07, 6.45) is 0.972.